The number of nitriles is 1. The van der Waals surface area contributed by atoms with E-state index < -0.39 is 5.91 Å². The molecule has 10 nitrogen and oxygen atoms in total. The molecule has 0 aliphatic carbocycles. The van der Waals surface area contributed by atoms with E-state index in [1.165, 1.54) is 7.05 Å². The zero-order chi connectivity index (χ0) is 36.0. The first-order valence-electron chi connectivity index (χ1n) is 16.4. The van der Waals surface area contributed by atoms with Gasteiger partial charge in [0, 0.05) is 62.6 Å². The van der Waals surface area contributed by atoms with Gasteiger partial charge in [-0.25, -0.2) is 0 Å². The van der Waals surface area contributed by atoms with Crippen LogP contribution in [-0.2, 0) is 29.1 Å². The molecule has 5 rings (SSSR count). The van der Waals surface area contributed by atoms with Crippen molar-refractivity contribution in [2.45, 2.75) is 32.9 Å². The fourth-order valence-electron chi connectivity index (χ4n) is 5.38. The summed E-state index contributed by atoms with van der Waals surface area (Å²) in [5.74, 6) is 0.747. The molecule has 1 aromatic heterocycles. The number of benzene rings is 4. The summed E-state index contributed by atoms with van der Waals surface area (Å²) in [4.78, 5) is 30.7. The van der Waals surface area contributed by atoms with E-state index in [9.17, 15) is 14.9 Å². The Morgan fingerprint density at radius 1 is 0.863 bits per heavy atom. The minimum absolute atomic E-state index is 0.305. The summed E-state index contributed by atoms with van der Waals surface area (Å²) in [6.45, 7) is 3.76. The van der Waals surface area contributed by atoms with Crippen LogP contribution in [0.4, 0.5) is 17.1 Å². The Labute approximate surface area is 303 Å². The van der Waals surface area contributed by atoms with Gasteiger partial charge in [-0.15, -0.1) is 0 Å². The Balaban J connectivity index is 1.33. The molecule has 5 aromatic rings. The van der Waals surface area contributed by atoms with Crippen molar-refractivity contribution in [2.24, 2.45) is 0 Å². The molecule has 0 aliphatic heterocycles. The number of amides is 2. The first-order valence-corrected chi connectivity index (χ1v) is 17.6. The fourth-order valence-corrected chi connectivity index (χ4v) is 5.82. The van der Waals surface area contributed by atoms with Gasteiger partial charge in [0.15, 0.2) is 0 Å². The minimum Gasteiger partial charge on any atom is -0.491 e. The van der Waals surface area contributed by atoms with Gasteiger partial charge < -0.3 is 29.7 Å². The molecule has 260 valence electrons. The van der Waals surface area contributed by atoms with Crippen molar-refractivity contribution in [3.8, 4) is 23.3 Å². The van der Waals surface area contributed by atoms with Gasteiger partial charge in [0.1, 0.15) is 23.7 Å². The lowest BCUT2D eigenvalue weighted by Gasteiger charge is -2.28. The molecule has 4 aromatic carbocycles. The third-order valence-corrected chi connectivity index (χ3v) is 8.47. The Morgan fingerprint density at radius 3 is 2.25 bits per heavy atom. The lowest BCUT2D eigenvalue weighted by Crippen LogP contribution is -2.25. The SMILES string of the molecule is CNC(=O)CC(=O)Nc1ccc(Oc2ccc(CN(Cc3ccc(C#N)cc3)c3cccc(NSC)c3C)cc2)cc1OCCc1cccnc1. The van der Waals surface area contributed by atoms with E-state index in [0.717, 1.165) is 33.6 Å². The predicted molar refractivity (Wildman–Crippen MR) is 203 cm³/mol. The van der Waals surface area contributed by atoms with E-state index in [2.05, 4.69) is 56.4 Å². The van der Waals surface area contributed by atoms with Crippen LogP contribution < -0.4 is 29.7 Å². The number of carbonyl (C=O) groups is 2. The van der Waals surface area contributed by atoms with Crippen molar-refractivity contribution < 1.29 is 19.1 Å². The van der Waals surface area contributed by atoms with Crippen LogP contribution in [0.15, 0.2) is 109 Å². The molecule has 51 heavy (non-hydrogen) atoms. The van der Waals surface area contributed by atoms with Crippen LogP contribution in [0.1, 0.15) is 34.2 Å². The highest BCUT2D eigenvalue weighted by Crippen LogP contribution is 2.34. The maximum Gasteiger partial charge on any atom is 0.233 e. The van der Waals surface area contributed by atoms with Gasteiger partial charge in [0.25, 0.3) is 0 Å². The number of aromatic nitrogens is 1. The summed E-state index contributed by atoms with van der Waals surface area (Å²) in [6, 6.07) is 33.1. The second-order valence-corrected chi connectivity index (χ2v) is 12.3. The topological polar surface area (TPSA) is 129 Å². The van der Waals surface area contributed by atoms with E-state index in [-0.39, 0.29) is 12.3 Å². The van der Waals surface area contributed by atoms with Crippen molar-refractivity contribution in [1.29, 1.82) is 5.26 Å². The summed E-state index contributed by atoms with van der Waals surface area (Å²) in [6.07, 6.45) is 5.82. The van der Waals surface area contributed by atoms with Gasteiger partial charge >= 0.3 is 0 Å². The number of pyridine rings is 1. The molecule has 0 fully saturated rings. The second-order valence-electron chi connectivity index (χ2n) is 11.7. The molecule has 0 aliphatic rings. The van der Waals surface area contributed by atoms with Gasteiger partial charge in [-0.1, -0.05) is 48.3 Å². The highest BCUT2D eigenvalue weighted by atomic mass is 32.2. The van der Waals surface area contributed by atoms with Gasteiger partial charge in [-0.05, 0) is 83.8 Å². The summed E-state index contributed by atoms with van der Waals surface area (Å²) < 4.78 is 15.7. The number of hydrogen-bond donors (Lipinski definition) is 3. The Kier molecular flexibility index (Phi) is 12.9. The Hall–Kier alpha value is -5.99. The summed E-state index contributed by atoms with van der Waals surface area (Å²) in [7, 11) is 1.49. The molecule has 0 unspecified atom stereocenters. The molecule has 0 saturated carbocycles. The van der Waals surface area contributed by atoms with Gasteiger partial charge in [0.2, 0.25) is 11.8 Å². The number of nitrogens with zero attached hydrogens (tertiary/aromatic N) is 3. The van der Waals surface area contributed by atoms with Crippen molar-refractivity contribution in [2.75, 3.05) is 34.8 Å². The maximum atomic E-state index is 12.5. The van der Waals surface area contributed by atoms with Crippen molar-refractivity contribution in [3.63, 3.8) is 0 Å². The fraction of sp³-hybridized carbons (Fsp3) is 0.200. The zero-order valence-electron chi connectivity index (χ0n) is 28.8. The van der Waals surface area contributed by atoms with Crippen LogP contribution in [0.2, 0.25) is 0 Å². The lowest BCUT2D eigenvalue weighted by atomic mass is 10.1. The summed E-state index contributed by atoms with van der Waals surface area (Å²) in [5, 5.41) is 14.5. The summed E-state index contributed by atoms with van der Waals surface area (Å²) in [5.41, 5.74) is 7.59. The predicted octanol–water partition coefficient (Wildman–Crippen LogP) is 7.65. The van der Waals surface area contributed by atoms with E-state index in [1.54, 1.807) is 42.5 Å². The van der Waals surface area contributed by atoms with Gasteiger partial charge in [-0.2, -0.15) is 5.26 Å². The average Bonchev–Trinajstić information content (AvgIpc) is 3.14. The highest BCUT2D eigenvalue weighted by molar-refractivity contribution is 7.99. The standard InChI is InChI=1S/C40H40N6O4S/c1-28-35(45-51-3)7-4-8-37(28)46(26-31-11-9-29(24-41)10-12-31)27-32-13-15-33(16-14-32)50-34-17-18-36(44-40(48)23-39(47)42-2)38(22-34)49-21-19-30-6-5-20-43-25-30/h4-18,20,22,25,45H,19,21,23,26-27H2,1-3H3,(H,42,47)(H,44,48). The molecule has 11 heteroatoms. The molecule has 0 saturated heterocycles. The number of hydrogen-bond acceptors (Lipinski definition) is 9. The number of rotatable bonds is 16. The molecular weight excluding hydrogens is 661 g/mol. The van der Waals surface area contributed by atoms with Crippen LogP contribution in [0.25, 0.3) is 0 Å². The van der Waals surface area contributed by atoms with Gasteiger partial charge in [-0.3, -0.25) is 14.6 Å². The van der Waals surface area contributed by atoms with Gasteiger partial charge in [0.05, 0.1) is 23.9 Å². The van der Waals surface area contributed by atoms with E-state index in [0.29, 0.717) is 54.6 Å². The van der Waals surface area contributed by atoms with Crippen LogP contribution in [0.3, 0.4) is 0 Å². The Morgan fingerprint density at radius 2 is 1.59 bits per heavy atom. The monoisotopic (exact) mass is 700 g/mol. The van der Waals surface area contributed by atoms with Crippen LogP contribution in [-0.4, -0.2) is 36.7 Å². The first-order chi connectivity index (χ1) is 24.8. The molecule has 0 spiro atoms. The summed E-state index contributed by atoms with van der Waals surface area (Å²) >= 11 is 1.56. The van der Waals surface area contributed by atoms with Crippen LogP contribution in [0.5, 0.6) is 17.2 Å². The van der Waals surface area contributed by atoms with Crippen molar-refractivity contribution in [1.82, 2.24) is 10.3 Å². The molecular formula is C40H40N6O4S. The van der Waals surface area contributed by atoms with E-state index >= 15 is 0 Å². The molecule has 0 radical (unpaired) electrons. The molecule has 0 bridgehead atoms. The van der Waals surface area contributed by atoms with E-state index in [1.807, 2.05) is 66.9 Å². The average molecular weight is 701 g/mol. The Bertz CT molecular complexity index is 1960. The van der Waals surface area contributed by atoms with E-state index in [4.69, 9.17) is 9.47 Å². The third-order valence-electron chi connectivity index (χ3n) is 8.05. The maximum absolute atomic E-state index is 12.5. The second kappa shape index (κ2) is 18.1. The lowest BCUT2D eigenvalue weighted by molar-refractivity contribution is -0.126. The molecule has 2 amide bonds. The minimum atomic E-state index is -0.452. The largest absolute Gasteiger partial charge is 0.491 e. The molecule has 3 N–H and O–H groups in total. The highest BCUT2D eigenvalue weighted by Gasteiger charge is 2.16. The smallest absolute Gasteiger partial charge is 0.233 e. The number of anilines is 3. The van der Waals surface area contributed by atoms with Crippen LogP contribution in [0, 0.1) is 18.3 Å². The number of ether oxygens (including phenoxy) is 2. The normalized spacial score (nSPS) is 10.5. The third kappa shape index (κ3) is 10.5. The first kappa shape index (κ1) is 36.3. The van der Waals surface area contributed by atoms with Crippen molar-refractivity contribution in [3.05, 3.63) is 137 Å². The number of carbonyl (C=O) groups excluding carboxylic acids is 2. The number of nitrogens with one attached hydrogen (secondary N) is 3. The van der Waals surface area contributed by atoms with Crippen LogP contribution >= 0.6 is 11.9 Å². The quantitative estimate of drug-likeness (QED) is 0.0703. The zero-order valence-corrected chi connectivity index (χ0v) is 29.6. The van der Waals surface area contributed by atoms with Crippen molar-refractivity contribution >= 4 is 40.8 Å². The molecule has 1 heterocycles. The molecule has 0 atom stereocenters.